The number of hydrogen-bond donors (Lipinski definition) is 2. The van der Waals surface area contributed by atoms with Crippen molar-refractivity contribution in [1.82, 2.24) is 0 Å². The van der Waals surface area contributed by atoms with Crippen LogP contribution in [0.25, 0.3) is 0 Å². The Kier molecular flexibility index (Phi) is 47.0. The highest BCUT2D eigenvalue weighted by Gasteiger charge is 1.95. The smallest absolute Gasteiger partial charge is 0.0431 e. The fourth-order valence-electron chi connectivity index (χ4n) is 5.73. The van der Waals surface area contributed by atoms with E-state index in [1.807, 2.05) is 0 Å². The average Bonchev–Trinajstić information content (AvgIpc) is 3.00. The molecule has 0 heterocycles. The maximum Gasteiger partial charge on any atom is 0.0431 e. The van der Waals surface area contributed by atoms with E-state index >= 15 is 0 Å². The number of hydrogen-bond acceptors (Lipinski definition) is 2. The van der Waals surface area contributed by atoms with E-state index in [1.54, 1.807) is 0 Å². The van der Waals surface area contributed by atoms with Crippen LogP contribution in [0.15, 0.2) is 12.2 Å². The molecule has 2 heteroatoms. The number of allylic oxidation sites excluding steroid dienone is 2. The first-order valence-corrected chi connectivity index (χ1v) is 19.7. The van der Waals surface area contributed by atoms with Crippen LogP contribution in [0.3, 0.4) is 0 Å². The minimum absolute atomic E-state index is 0.368. The number of aliphatic hydroxyl groups excluding tert-OH is 2. The van der Waals surface area contributed by atoms with Crippen molar-refractivity contribution in [3.8, 4) is 0 Å². The van der Waals surface area contributed by atoms with Gasteiger partial charge in [0.05, 0.1) is 0 Å². The predicted molar refractivity (Wildman–Crippen MR) is 192 cm³/mol. The number of rotatable bonds is 35. The third-order valence-electron chi connectivity index (χ3n) is 8.68. The molecule has 0 fully saturated rings. The molecule has 0 radical (unpaired) electrons. The summed E-state index contributed by atoms with van der Waals surface area (Å²) in [6, 6.07) is 0. The largest absolute Gasteiger partial charge is 0.396 e. The molecular formula is C40H82O2. The molecule has 0 amide bonds. The van der Waals surface area contributed by atoms with Crippen LogP contribution >= 0.6 is 0 Å². The summed E-state index contributed by atoms with van der Waals surface area (Å²) in [5.74, 6) is 0. The zero-order chi connectivity index (χ0) is 30.9. The van der Waals surface area contributed by atoms with Crippen LogP contribution in [0.5, 0.6) is 0 Å². The van der Waals surface area contributed by atoms with Crippen LogP contribution in [0, 0.1) is 0 Å². The summed E-state index contributed by atoms with van der Waals surface area (Å²) in [7, 11) is 0. The van der Waals surface area contributed by atoms with Crippen LogP contribution in [-0.2, 0) is 0 Å². The van der Waals surface area contributed by atoms with Gasteiger partial charge in [-0.2, -0.15) is 0 Å². The summed E-state index contributed by atoms with van der Waals surface area (Å²) < 4.78 is 0. The summed E-state index contributed by atoms with van der Waals surface area (Å²) in [6.45, 7) is 5.31. The van der Waals surface area contributed by atoms with Crippen molar-refractivity contribution in [2.75, 3.05) is 13.2 Å². The van der Waals surface area contributed by atoms with Crippen molar-refractivity contribution in [3.05, 3.63) is 12.2 Å². The van der Waals surface area contributed by atoms with Gasteiger partial charge in [0, 0.05) is 13.2 Å². The molecule has 42 heavy (non-hydrogen) atoms. The predicted octanol–water partition coefficient (Wildman–Crippen LogP) is 13.8. The molecule has 2 nitrogen and oxygen atoms in total. The maximum atomic E-state index is 8.71. The molecule has 0 aliphatic heterocycles. The van der Waals surface area contributed by atoms with E-state index in [9.17, 15) is 0 Å². The van der Waals surface area contributed by atoms with Crippen LogP contribution < -0.4 is 0 Å². The fourth-order valence-corrected chi connectivity index (χ4v) is 5.73. The van der Waals surface area contributed by atoms with Gasteiger partial charge in [-0.15, -0.1) is 0 Å². The lowest BCUT2D eigenvalue weighted by atomic mass is 10.0. The van der Waals surface area contributed by atoms with Crippen LogP contribution in [0.2, 0.25) is 0 Å². The van der Waals surface area contributed by atoms with Crippen LogP contribution in [-0.4, -0.2) is 23.4 Å². The fraction of sp³-hybridized carbons (Fsp3) is 0.950. The van der Waals surface area contributed by atoms with Gasteiger partial charge in [0.25, 0.3) is 0 Å². The lowest BCUT2D eigenvalue weighted by Gasteiger charge is -2.03. The van der Waals surface area contributed by atoms with Crippen molar-refractivity contribution >= 4 is 0 Å². The van der Waals surface area contributed by atoms with Crippen molar-refractivity contribution < 1.29 is 10.2 Å². The maximum absolute atomic E-state index is 8.71. The van der Waals surface area contributed by atoms with Gasteiger partial charge in [-0.1, -0.05) is 206 Å². The monoisotopic (exact) mass is 595 g/mol. The van der Waals surface area contributed by atoms with E-state index in [0.29, 0.717) is 13.2 Å². The molecule has 0 aliphatic rings. The molecule has 0 saturated heterocycles. The number of aliphatic hydroxyl groups is 2. The van der Waals surface area contributed by atoms with Crippen molar-refractivity contribution in [1.29, 1.82) is 0 Å². The second-order valence-corrected chi connectivity index (χ2v) is 13.1. The summed E-state index contributed by atoms with van der Waals surface area (Å²) in [4.78, 5) is 0. The normalized spacial score (nSPS) is 11.3. The molecular weight excluding hydrogens is 512 g/mol. The van der Waals surface area contributed by atoms with E-state index in [1.165, 1.54) is 205 Å². The van der Waals surface area contributed by atoms with E-state index in [4.69, 9.17) is 10.2 Å². The first-order valence-electron chi connectivity index (χ1n) is 19.7. The molecule has 0 aromatic heterocycles. The van der Waals surface area contributed by atoms with Gasteiger partial charge in [0.15, 0.2) is 0 Å². The van der Waals surface area contributed by atoms with Crippen molar-refractivity contribution in [2.24, 2.45) is 0 Å². The quantitative estimate of drug-likeness (QED) is 0.0566. The van der Waals surface area contributed by atoms with Gasteiger partial charge in [0.1, 0.15) is 0 Å². The molecule has 0 saturated carbocycles. The summed E-state index contributed by atoms with van der Waals surface area (Å²) >= 11 is 0. The highest BCUT2D eigenvalue weighted by molar-refractivity contribution is 4.81. The zero-order valence-electron chi connectivity index (χ0n) is 29.5. The second kappa shape index (κ2) is 45.1. The second-order valence-electron chi connectivity index (χ2n) is 13.1. The Morgan fingerprint density at radius 3 is 0.667 bits per heavy atom. The van der Waals surface area contributed by atoms with Gasteiger partial charge in [-0.25, -0.2) is 0 Å². The topological polar surface area (TPSA) is 40.5 Å². The lowest BCUT2D eigenvalue weighted by molar-refractivity contribution is 0.282. The third kappa shape index (κ3) is 46.6. The van der Waals surface area contributed by atoms with E-state index < -0.39 is 0 Å². The Morgan fingerprint density at radius 2 is 0.452 bits per heavy atom. The molecule has 0 aromatic carbocycles. The highest BCUT2D eigenvalue weighted by atomic mass is 16.3. The highest BCUT2D eigenvalue weighted by Crippen LogP contribution is 2.14. The first kappa shape index (κ1) is 43.8. The molecule has 0 aliphatic carbocycles. The van der Waals surface area contributed by atoms with Crippen LogP contribution in [0.1, 0.15) is 232 Å². The Balaban J connectivity index is 0. The Bertz CT molecular complexity index is 431. The van der Waals surface area contributed by atoms with Crippen LogP contribution in [0.4, 0.5) is 0 Å². The van der Waals surface area contributed by atoms with Gasteiger partial charge in [-0.05, 0) is 38.5 Å². The van der Waals surface area contributed by atoms with Crippen molar-refractivity contribution in [2.45, 2.75) is 232 Å². The van der Waals surface area contributed by atoms with E-state index in [2.05, 4.69) is 26.0 Å². The molecule has 0 aromatic rings. The zero-order valence-corrected chi connectivity index (χ0v) is 29.5. The number of unbranched alkanes of at least 4 members (excludes halogenated alkanes) is 31. The van der Waals surface area contributed by atoms with Gasteiger partial charge >= 0.3 is 0 Å². The standard InChI is InChI=1S/C22H44O.C18H38O/c1-2-3-4-5-6-7-8-9-10-11-12-13-14-15-16-17-18-19-20-21-22-23;1-2-3-4-5-6-7-8-9-10-11-12-13-14-15-16-17-18-19/h9-10,23H,2-8,11-22H2,1H3;19H,2-18H2,1H3/b10-9-;. The first-order chi connectivity index (χ1) is 20.8. The summed E-state index contributed by atoms with van der Waals surface area (Å²) in [5.41, 5.74) is 0. The Morgan fingerprint density at radius 1 is 0.262 bits per heavy atom. The summed E-state index contributed by atoms with van der Waals surface area (Å²) in [6.07, 6.45) is 51.3. The molecule has 0 rings (SSSR count). The summed E-state index contributed by atoms with van der Waals surface area (Å²) in [5, 5.41) is 17.4. The molecule has 254 valence electrons. The molecule has 0 spiro atoms. The molecule has 0 unspecified atom stereocenters. The van der Waals surface area contributed by atoms with E-state index in [-0.39, 0.29) is 0 Å². The average molecular weight is 595 g/mol. The van der Waals surface area contributed by atoms with Gasteiger partial charge in [-0.3, -0.25) is 0 Å². The Hall–Kier alpha value is -0.340. The minimum atomic E-state index is 0.368. The Labute approximate surface area is 267 Å². The van der Waals surface area contributed by atoms with Gasteiger partial charge in [0.2, 0.25) is 0 Å². The molecule has 0 bridgehead atoms. The van der Waals surface area contributed by atoms with E-state index in [0.717, 1.165) is 12.8 Å². The van der Waals surface area contributed by atoms with Crippen molar-refractivity contribution in [3.63, 3.8) is 0 Å². The molecule has 0 atom stereocenters. The SMILES string of the molecule is CCCCCCCC/C=C\CCCCCCCCCCCCO.CCCCCCCCCCCCCCCCCCO. The molecule has 2 N–H and O–H groups in total. The third-order valence-corrected chi connectivity index (χ3v) is 8.68. The van der Waals surface area contributed by atoms with Gasteiger partial charge < -0.3 is 10.2 Å². The lowest BCUT2D eigenvalue weighted by Crippen LogP contribution is -1.85. The minimum Gasteiger partial charge on any atom is -0.396 e.